The van der Waals surface area contributed by atoms with Crippen molar-refractivity contribution < 1.29 is 0 Å². The molecule has 1 N–H and O–H groups in total. The highest BCUT2D eigenvalue weighted by Crippen LogP contribution is 2.39. The van der Waals surface area contributed by atoms with Crippen LogP contribution in [0.4, 0.5) is 0 Å². The topological polar surface area (TPSA) is 12.0 Å². The number of halogens is 1. The summed E-state index contributed by atoms with van der Waals surface area (Å²) in [6.07, 6.45) is 6.57. The lowest BCUT2D eigenvalue weighted by molar-refractivity contribution is 0.616. The first-order chi connectivity index (χ1) is 8.33. The Morgan fingerprint density at radius 3 is 2.67 bits per heavy atom. The van der Waals surface area contributed by atoms with Crippen molar-refractivity contribution in [3.05, 3.63) is 41.5 Å². The highest BCUT2D eigenvalue weighted by molar-refractivity contribution is 5.85. The Morgan fingerprint density at radius 1 is 1.28 bits per heavy atom. The summed E-state index contributed by atoms with van der Waals surface area (Å²) in [5.41, 5.74) is 2.86. The molecular weight excluding hydrogens is 242 g/mol. The molecule has 0 saturated heterocycles. The minimum absolute atomic E-state index is 0. The van der Waals surface area contributed by atoms with Crippen LogP contribution in [0.15, 0.2) is 35.9 Å². The van der Waals surface area contributed by atoms with Gasteiger partial charge in [0.15, 0.2) is 0 Å². The van der Waals surface area contributed by atoms with Gasteiger partial charge < -0.3 is 5.32 Å². The highest BCUT2D eigenvalue weighted by Gasteiger charge is 2.38. The van der Waals surface area contributed by atoms with Crippen LogP contribution in [0.25, 0.3) is 6.08 Å². The second-order valence-electron chi connectivity index (χ2n) is 5.60. The average Bonchev–Trinajstić information content (AvgIpc) is 3.22. The van der Waals surface area contributed by atoms with Crippen molar-refractivity contribution in [2.45, 2.75) is 32.2 Å². The number of hydrogen-bond donors (Lipinski definition) is 1. The number of nitrogens with one attached hydrogen (secondary N) is 1. The van der Waals surface area contributed by atoms with Crippen molar-refractivity contribution in [2.75, 3.05) is 6.54 Å². The molecule has 0 aromatic heterocycles. The molecule has 2 fully saturated rings. The van der Waals surface area contributed by atoms with Crippen molar-refractivity contribution in [1.29, 1.82) is 0 Å². The largest absolute Gasteiger partial charge is 0.313 e. The quantitative estimate of drug-likeness (QED) is 0.850. The lowest BCUT2D eigenvalue weighted by atomic mass is 10.1. The molecule has 0 bridgehead atoms. The summed E-state index contributed by atoms with van der Waals surface area (Å²) in [6.45, 7) is 3.52. The van der Waals surface area contributed by atoms with Crippen molar-refractivity contribution in [1.82, 2.24) is 5.32 Å². The van der Waals surface area contributed by atoms with E-state index in [0.717, 1.165) is 17.9 Å². The van der Waals surface area contributed by atoms with Gasteiger partial charge >= 0.3 is 0 Å². The molecule has 2 atom stereocenters. The summed E-state index contributed by atoms with van der Waals surface area (Å²) < 4.78 is 0. The van der Waals surface area contributed by atoms with Crippen LogP contribution >= 0.6 is 12.4 Å². The summed E-state index contributed by atoms with van der Waals surface area (Å²) >= 11 is 0. The third-order valence-electron chi connectivity index (χ3n) is 3.93. The van der Waals surface area contributed by atoms with E-state index in [0.29, 0.717) is 0 Å². The molecule has 0 aliphatic heterocycles. The Morgan fingerprint density at radius 2 is 2.00 bits per heavy atom. The minimum atomic E-state index is 0. The smallest absolute Gasteiger partial charge is 0.0139 e. The van der Waals surface area contributed by atoms with Crippen LogP contribution in [-0.4, -0.2) is 12.6 Å². The zero-order valence-electron chi connectivity index (χ0n) is 10.9. The van der Waals surface area contributed by atoms with Crippen LogP contribution in [0.5, 0.6) is 0 Å². The average molecular weight is 264 g/mol. The fourth-order valence-corrected chi connectivity index (χ4v) is 2.48. The Hall–Kier alpha value is -0.790. The Bertz CT molecular complexity index is 408. The van der Waals surface area contributed by atoms with Crippen LogP contribution in [0.1, 0.15) is 31.7 Å². The Labute approximate surface area is 116 Å². The molecule has 98 valence electrons. The molecule has 2 aliphatic rings. The fraction of sp³-hybridized carbons (Fsp3) is 0.500. The lowest BCUT2D eigenvalue weighted by Gasteiger charge is -2.03. The van der Waals surface area contributed by atoms with E-state index in [-0.39, 0.29) is 12.4 Å². The molecule has 2 unspecified atom stereocenters. The predicted octanol–water partition coefficient (Wildman–Crippen LogP) is 3.90. The van der Waals surface area contributed by atoms with Gasteiger partial charge in [-0.05, 0) is 50.1 Å². The van der Waals surface area contributed by atoms with Gasteiger partial charge in [0.1, 0.15) is 0 Å². The molecule has 0 amide bonds. The molecule has 18 heavy (non-hydrogen) atoms. The number of benzene rings is 1. The standard InChI is InChI=1S/C16H21N.ClH/c1-12(9-13-5-3-2-4-6-13)15-10-16(15)17-11-14-7-8-14;/h2-6,9,14-17H,7-8,10-11H2,1H3;1H/b12-9+;. The van der Waals surface area contributed by atoms with Gasteiger partial charge in [0, 0.05) is 6.04 Å². The SMILES string of the molecule is C/C(=C\c1ccccc1)C1CC1NCC1CC1.Cl. The van der Waals surface area contributed by atoms with Crippen molar-refractivity contribution >= 4 is 18.5 Å². The Balaban J connectivity index is 0.00000120. The first-order valence-electron chi connectivity index (χ1n) is 6.79. The molecule has 2 saturated carbocycles. The van der Waals surface area contributed by atoms with E-state index in [1.54, 1.807) is 0 Å². The van der Waals surface area contributed by atoms with Crippen molar-refractivity contribution in [3.63, 3.8) is 0 Å². The van der Waals surface area contributed by atoms with Gasteiger partial charge in [0.2, 0.25) is 0 Å². The third-order valence-corrected chi connectivity index (χ3v) is 3.93. The second-order valence-corrected chi connectivity index (χ2v) is 5.60. The van der Waals surface area contributed by atoms with E-state index in [1.165, 1.54) is 36.9 Å². The van der Waals surface area contributed by atoms with E-state index in [9.17, 15) is 0 Å². The minimum Gasteiger partial charge on any atom is -0.313 e. The van der Waals surface area contributed by atoms with Crippen molar-refractivity contribution in [3.8, 4) is 0 Å². The summed E-state index contributed by atoms with van der Waals surface area (Å²) in [5, 5.41) is 3.69. The third kappa shape index (κ3) is 3.60. The maximum atomic E-state index is 3.69. The summed E-state index contributed by atoms with van der Waals surface area (Å²) in [7, 11) is 0. The van der Waals surface area contributed by atoms with Gasteiger partial charge in [-0.3, -0.25) is 0 Å². The summed E-state index contributed by atoms with van der Waals surface area (Å²) in [4.78, 5) is 0. The zero-order chi connectivity index (χ0) is 11.7. The molecule has 1 aromatic rings. The van der Waals surface area contributed by atoms with E-state index in [4.69, 9.17) is 0 Å². The zero-order valence-corrected chi connectivity index (χ0v) is 11.7. The van der Waals surface area contributed by atoms with E-state index >= 15 is 0 Å². The van der Waals surface area contributed by atoms with Crippen LogP contribution in [0.2, 0.25) is 0 Å². The summed E-state index contributed by atoms with van der Waals surface area (Å²) in [6, 6.07) is 11.4. The second kappa shape index (κ2) is 5.90. The molecule has 1 aromatic carbocycles. The first-order valence-corrected chi connectivity index (χ1v) is 6.79. The summed E-state index contributed by atoms with van der Waals surface area (Å²) in [5.74, 6) is 1.78. The molecule has 1 nitrogen and oxygen atoms in total. The molecule has 0 spiro atoms. The molecule has 3 rings (SSSR count). The maximum absolute atomic E-state index is 3.69. The number of rotatable bonds is 5. The van der Waals surface area contributed by atoms with Crippen molar-refractivity contribution in [2.24, 2.45) is 11.8 Å². The van der Waals surface area contributed by atoms with Crippen LogP contribution in [0, 0.1) is 11.8 Å². The van der Waals surface area contributed by atoms with E-state index in [2.05, 4.69) is 48.6 Å². The fourth-order valence-electron chi connectivity index (χ4n) is 2.48. The molecule has 0 radical (unpaired) electrons. The Kier molecular flexibility index (Phi) is 4.47. The van der Waals surface area contributed by atoms with Gasteiger partial charge in [-0.15, -0.1) is 12.4 Å². The van der Waals surface area contributed by atoms with Gasteiger partial charge in [-0.2, -0.15) is 0 Å². The monoisotopic (exact) mass is 263 g/mol. The van der Waals surface area contributed by atoms with Gasteiger partial charge in [0.05, 0.1) is 0 Å². The maximum Gasteiger partial charge on any atom is 0.0139 e. The van der Waals surface area contributed by atoms with E-state index in [1.807, 2.05) is 0 Å². The predicted molar refractivity (Wildman–Crippen MR) is 80.0 cm³/mol. The van der Waals surface area contributed by atoms with Gasteiger partial charge in [0.25, 0.3) is 0 Å². The van der Waals surface area contributed by atoms with Crippen LogP contribution < -0.4 is 5.32 Å². The molecular formula is C16H22ClN. The van der Waals surface area contributed by atoms with Crippen LogP contribution in [-0.2, 0) is 0 Å². The van der Waals surface area contributed by atoms with Gasteiger partial charge in [-0.25, -0.2) is 0 Å². The van der Waals surface area contributed by atoms with E-state index < -0.39 is 0 Å². The highest BCUT2D eigenvalue weighted by atomic mass is 35.5. The first kappa shape index (κ1) is 13.6. The normalized spacial score (nSPS) is 26.6. The number of hydrogen-bond acceptors (Lipinski definition) is 1. The molecule has 0 heterocycles. The molecule has 2 aliphatic carbocycles. The van der Waals surface area contributed by atoms with Gasteiger partial charge in [-0.1, -0.05) is 42.0 Å². The van der Waals surface area contributed by atoms with Crippen LogP contribution in [0.3, 0.4) is 0 Å². The molecule has 2 heteroatoms. The lowest BCUT2D eigenvalue weighted by Crippen LogP contribution is -2.20.